The van der Waals surface area contributed by atoms with Crippen molar-refractivity contribution in [2.75, 3.05) is 44.4 Å². The van der Waals surface area contributed by atoms with Crippen LogP contribution in [0, 0.1) is 16.7 Å². The standard InChI is InChI=1S/C24H36N8O3/c1-23(2,3)35-11-6-24(16-27,5-8-29-17-33)19-14-21(32-9-12-34-13-10-32)31-22(18(19)15-26)30-20(28)4-7-25/h4,7,14-15,17,26H,5-6,8-13,25H2,1-3H3,(H,29,33)(H2,28,30,31)/b7-4-,26-15?. The number of aliphatic imine (C=N–C) groups is 1. The van der Waals surface area contributed by atoms with E-state index in [2.05, 4.69) is 21.4 Å². The topological polar surface area (TPSA) is 176 Å². The number of amidine groups is 1. The Hall–Kier alpha value is -3.49. The first-order valence-electron chi connectivity index (χ1n) is 11.5. The first-order valence-corrected chi connectivity index (χ1v) is 11.5. The van der Waals surface area contributed by atoms with Crippen molar-refractivity contribution in [1.29, 1.82) is 10.7 Å². The zero-order valence-corrected chi connectivity index (χ0v) is 20.7. The van der Waals surface area contributed by atoms with Crippen LogP contribution in [0.4, 0.5) is 11.6 Å². The minimum absolute atomic E-state index is 0.120. The number of carbonyl (C=O) groups is 1. The zero-order valence-electron chi connectivity index (χ0n) is 20.7. The number of carbonyl (C=O) groups excluding carboxylic acids is 1. The van der Waals surface area contributed by atoms with Crippen molar-refractivity contribution >= 4 is 30.1 Å². The Morgan fingerprint density at radius 2 is 2.11 bits per heavy atom. The lowest BCUT2D eigenvalue weighted by Gasteiger charge is -2.33. The van der Waals surface area contributed by atoms with Gasteiger partial charge in [0.1, 0.15) is 11.7 Å². The summed E-state index contributed by atoms with van der Waals surface area (Å²) < 4.78 is 11.4. The summed E-state index contributed by atoms with van der Waals surface area (Å²) in [7, 11) is 0. The molecule has 1 amide bonds. The van der Waals surface area contributed by atoms with Crippen LogP contribution in [0.5, 0.6) is 0 Å². The normalized spacial score (nSPS) is 16.5. The molecule has 1 saturated heterocycles. The van der Waals surface area contributed by atoms with Crippen molar-refractivity contribution in [2.24, 2.45) is 16.5 Å². The Labute approximate surface area is 206 Å². The molecule has 11 heteroatoms. The van der Waals surface area contributed by atoms with Crippen LogP contribution in [-0.4, -0.2) is 68.5 Å². The quantitative estimate of drug-likeness (QED) is 0.149. The molecule has 0 bridgehead atoms. The van der Waals surface area contributed by atoms with E-state index < -0.39 is 5.41 Å². The number of aromatic nitrogens is 1. The maximum absolute atomic E-state index is 11.0. The number of nitrogens with two attached hydrogens (primary N) is 2. The molecule has 11 nitrogen and oxygen atoms in total. The average molecular weight is 485 g/mol. The van der Waals surface area contributed by atoms with Gasteiger partial charge in [-0.3, -0.25) is 4.79 Å². The summed E-state index contributed by atoms with van der Waals surface area (Å²) in [5.74, 6) is 0.945. The molecule has 0 aromatic carbocycles. The Morgan fingerprint density at radius 1 is 1.40 bits per heavy atom. The van der Waals surface area contributed by atoms with Gasteiger partial charge in [-0.2, -0.15) is 5.26 Å². The van der Waals surface area contributed by atoms with Gasteiger partial charge < -0.3 is 36.6 Å². The summed E-state index contributed by atoms with van der Waals surface area (Å²) in [5.41, 5.74) is 10.9. The number of morpholine rings is 1. The van der Waals surface area contributed by atoms with Crippen molar-refractivity contribution in [1.82, 2.24) is 10.3 Å². The highest BCUT2D eigenvalue weighted by Crippen LogP contribution is 2.38. The van der Waals surface area contributed by atoms with Crippen molar-refractivity contribution in [3.63, 3.8) is 0 Å². The second-order valence-corrected chi connectivity index (χ2v) is 9.13. The van der Waals surface area contributed by atoms with Crippen LogP contribution in [-0.2, 0) is 19.7 Å². The number of nitriles is 1. The van der Waals surface area contributed by atoms with Crippen molar-refractivity contribution in [3.8, 4) is 6.07 Å². The van der Waals surface area contributed by atoms with E-state index in [1.807, 2.05) is 31.7 Å². The number of ether oxygens (including phenoxy) is 2. The first-order chi connectivity index (χ1) is 16.7. The van der Waals surface area contributed by atoms with E-state index >= 15 is 0 Å². The fourth-order valence-corrected chi connectivity index (χ4v) is 3.81. The van der Waals surface area contributed by atoms with Crippen molar-refractivity contribution in [3.05, 3.63) is 29.5 Å². The third-order valence-corrected chi connectivity index (χ3v) is 5.58. The van der Waals surface area contributed by atoms with Crippen molar-refractivity contribution in [2.45, 2.75) is 44.6 Å². The lowest BCUT2D eigenvalue weighted by atomic mass is 9.74. The Bertz CT molecular complexity index is 974. The molecule has 6 N–H and O–H groups in total. The molecule has 1 fully saturated rings. The number of amides is 1. The third kappa shape index (κ3) is 7.77. The van der Waals surface area contributed by atoms with Crippen molar-refractivity contribution < 1.29 is 14.3 Å². The van der Waals surface area contributed by atoms with E-state index in [9.17, 15) is 10.1 Å². The summed E-state index contributed by atoms with van der Waals surface area (Å²) in [6.07, 6.45) is 5.09. The number of pyridine rings is 1. The van der Waals surface area contributed by atoms with E-state index in [0.717, 1.165) is 6.21 Å². The highest BCUT2D eigenvalue weighted by Gasteiger charge is 2.36. The zero-order chi connectivity index (χ0) is 25.9. The van der Waals surface area contributed by atoms with Gasteiger partial charge in [-0.15, -0.1) is 0 Å². The molecule has 0 spiro atoms. The van der Waals surface area contributed by atoms with E-state index in [1.54, 1.807) is 0 Å². The molecule has 1 aliphatic heterocycles. The highest BCUT2D eigenvalue weighted by molar-refractivity contribution is 5.96. The predicted molar refractivity (Wildman–Crippen MR) is 136 cm³/mol. The summed E-state index contributed by atoms with van der Waals surface area (Å²) in [4.78, 5) is 22.1. The molecule has 1 aliphatic rings. The Kier molecular flexibility index (Phi) is 10.2. The van der Waals surface area contributed by atoms with Crippen LogP contribution >= 0.6 is 0 Å². The van der Waals surface area contributed by atoms with Crippen LogP contribution in [0.3, 0.4) is 0 Å². The maximum atomic E-state index is 11.0. The predicted octanol–water partition coefficient (Wildman–Crippen LogP) is 1.48. The van der Waals surface area contributed by atoms with Gasteiger partial charge in [0.25, 0.3) is 0 Å². The minimum Gasteiger partial charge on any atom is -0.404 e. The fourth-order valence-electron chi connectivity index (χ4n) is 3.81. The first kappa shape index (κ1) is 27.8. The maximum Gasteiger partial charge on any atom is 0.207 e. The van der Waals surface area contributed by atoms with E-state index in [4.69, 9.17) is 26.4 Å². The van der Waals surface area contributed by atoms with Crippen LogP contribution < -0.4 is 21.7 Å². The number of nitrogens with one attached hydrogen (secondary N) is 2. The molecule has 1 aromatic rings. The second kappa shape index (κ2) is 12.8. The van der Waals surface area contributed by atoms with E-state index in [0.29, 0.717) is 69.1 Å². The molecule has 1 aromatic heterocycles. The van der Waals surface area contributed by atoms with Gasteiger partial charge in [0.15, 0.2) is 5.82 Å². The van der Waals surface area contributed by atoms with Gasteiger partial charge in [-0.1, -0.05) is 0 Å². The number of hydrogen-bond acceptors (Lipinski definition) is 9. The molecular formula is C24H36N8O3. The molecule has 1 atom stereocenters. The van der Waals surface area contributed by atoms with Crippen LogP contribution in [0.15, 0.2) is 23.3 Å². The van der Waals surface area contributed by atoms with Gasteiger partial charge in [-0.05, 0) is 57.5 Å². The molecule has 2 rings (SSSR count). The van der Waals surface area contributed by atoms with Gasteiger partial charge in [0.2, 0.25) is 6.41 Å². The molecule has 190 valence electrons. The number of nitrogens with zero attached hydrogens (tertiary/aromatic N) is 4. The number of rotatable bonds is 12. The smallest absolute Gasteiger partial charge is 0.207 e. The highest BCUT2D eigenvalue weighted by atomic mass is 16.5. The number of hydrogen-bond donors (Lipinski definition) is 4. The van der Waals surface area contributed by atoms with Gasteiger partial charge in [0.05, 0.1) is 30.3 Å². The molecule has 1 unspecified atom stereocenters. The number of anilines is 1. The second-order valence-electron chi connectivity index (χ2n) is 9.13. The Balaban J connectivity index is 2.71. The lowest BCUT2D eigenvalue weighted by molar-refractivity contribution is -0.109. The van der Waals surface area contributed by atoms with Gasteiger partial charge in [-0.25, -0.2) is 9.98 Å². The molecule has 0 saturated carbocycles. The lowest BCUT2D eigenvalue weighted by Crippen LogP contribution is -2.38. The summed E-state index contributed by atoms with van der Waals surface area (Å²) >= 11 is 0. The van der Waals surface area contributed by atoms with Gasteiger partial charge in [0, 0.05) is 38.0 Å². The van der Waals surface area contributed by atoms with Crippen LogP contribution in [0.25, 0.3) is 0 Å². The Morgan fingerprint density at radius 3 is 2.69 bits per heavy atom. The molecule has 0 aliphatic carbocycles. The minimum atomic E-state index is -1.08. The largest absolute Gasteiger partial charge is 0.404 e. The van der Waals surface area contributed by atoms with E-state index in [-0.39, 0.29) is 23.8 Å². The summed E-state index contributed by atoms with van der Waals surface area (Å²) in [6.45, 7) is 8.76. The molecule has 35 heavy (non-hydrogen) atoms. The van der Waals surface area contributed by atoms with Crippen LogP contribution in [0.1, 0.15) is 44.7 Å². The molecule has 0 radical (unpaired) electrons. The van der Waals surface area contributed by atoms with Gasteiger partial charge >= 0.3 is 0 Å². The SMILES string of the molecule is CC(C)(C)OCCC(C#N)(CCNC=O)c1cc(N2CCOCC2)nc(/N=C(N)\C=C/N)c1C=N. The van der Waals surface area contributed by atoms with E-state index in [1.165, 1.54) is 12.3 Å². The molecule has 2 heterocycles. The fraction of sp³-hybridized carbons (Fsp3) is 0.542. The monoisotopic (exact) mass is 484 g/mol. The van der Waals surface area contributed by atoms with Crippen LogP contribution in [0.2, 0.25) is 0 Å². The third-order valence-electron chi connectivity index (χ3n) is 5.58. The molecular weight excluding hydrogens is 448 g/mol. The summed E-state index contributed by atoms with van der Waals surface area (Å²) in [5, 5.41) is 21.3. The summed E-state index contributed by atoms with van der Waals surface area (Å²) in [6, 6.07) is 4.30. The average Bonchev–Trinajstić information content (AvgIpc) is 2.82.